The molecule has 0 bridgehead atoms. The van der Waals surface area contributed by atoms with Crippen LogP contribution in [0.2, 0.25) is 0 Å². The van der Waals surface area contributed by atoms with E-state index in [-0.39, 0.29) is 24.7 Å². The molecule has 34 heavy (non-hydrogen) atoms. The summed E-state index contributed by atoms with van der Waals surface area (Å²) in [7, 11) is 1.56. The van der Waals surface area contributed by atoms with E-state index in [4.69, 9.17) is 14.2 Å². The second-order valence-corrected chi connectivity index (χ2v) is 9.51. The number of ether oxygens (including phenoxy) is 3. The first-order valence-electron chi connectivity index (χ1n) is 11.1. The fraction of sp³-hybridized carbons (Fsp3) is 0.417. The molecule has 0 spiro atoms. The van der Waals surface area contributed by atoms with Crippen molar-refractivity contribution >= 4 is 39.5 Å². The van der Waals surface area contributed by atoms with Crippen LogP contribution in [0, 0.1) is 13.8 Å². The summed E-state index contributed by atoms with van der Waals surface area (Å²) in [6.45, 7) is 9.12. The summed E-state index contributed by atoms with van der Waals surface area (Å²) in [5.41, 5.74) is 4.98. The van der Waals surface area contributed by atoms with Crippen molar-refractivity contribution in [3.8, 4) is 11.5 Å². The number of aromatic nitrogens is 2. The Morgan fingerprint density at radius 2 is 2.03 bits per heavy atom. The molecule has 0 saturated carbocycles. The molecular formula is C24H29N5O4S. The number of carbonyl (C=O) groups is 1. The highest BCUT2D eigenvalue weighted by atomic mass is 32.1. The minimum atomic E-state index is -0.0750. The normalized spacial score (nSPS) is 18.4. The number of rotatable bonds is 7. The topological polar surface area (TPSA) is 98.2 Å². The van der Waals surface area contributed by atoms with Crippen LogP contribution < -0.4 is 14.9 Å². The Labute approximate surface area is 202 Å². The van der Waals surface area contributed by atoms with Crippen LogP contribution in [-0.2, 0) is 9.53 Å². The number of amides is 1. The van der Waals surface area contributed by atoms with Crippen LogP contribution in [0.1, 0.15) is 29.9 Å². The Morgan fingerprint density at radius 1 is 1.26 bits per heavy atom. The van der Waals surface area contributed by atoms with E-state index < -0.39 is 0 Å². The third kappa shape index (κ3) is 5.28. The zero-order valence-electron chi connectivity index (χ0n) is 20.0. The first-order valence-corrected chi connectivity index (χ1v) is 11.9. The minimum Gasteiger partial charge on any atom is -0.493 e. The third-order valence-corrected chi connectivity index (χ3v) is 6.78. The number of methoxy groups -OCH3 is 1. The highest BCUT2D eigenvalue weighted by Gasteiger charge is 2.26. The lowest BCUT2D eigenvalue weighted by Gasteiger charge is -2.35. The number of morpholine rings is 1. The van der Waals surface area contributed by atoms with Crippen LogP contribution in [0.5, 0.6) is 11.5 Å². The molecule has 1 N–H and O–H groups in total. The third-order valence-electron chi connectivity index (χ3n) is 5.66. The number of hydrazone groups is 1. The lowest BCUT2D eigenvalue weighted by atomic mass is 10.2. The fourth-order valence-corrected chi connectivity index (χ4v) is 4.93. The smallest absolute Gasteiger partial charge is 0.260 e. The van der Waals surface area contributed by atoms with E-state index in [1.807, 2.05) is 19.9 Å². The molecule has 2 atom stereocenters. The summed E-state index contributed by atoms with van der Waals surface area (Å²) >= 11 is 1.64. The predicted octanol–water partition coefficient (Wildman–Crippen LogP) is 3.78. The van der Waals surface area contributed by atoms with Crippen molar-refractivity contribution in [2.75, 3.05) is 32.2 Å². The quantitative estimate of drug-likeness (QED) is 0.403. The average Bonchev–Trinajstić information content (AvgIpc) is 3.11. The number of hydrogen-bond donors (Lipinski definition) is 1. The Kier molecular flexibility index (Phi) is 7.28. The van der Waals surface area contributed by atoms with Crippen LogP contribution in [-0.4, -0.2) is 66.0 Å². The number of hydrogen-bond acceptors (Lipinski definition) is 9. The molecule has 9 nitrogen and oxygen atoms in total. The molecule has 1 aliphatic rings. The molecule has 1 aromatic carbocycles. The van der Waals surface area contributed by atoms with Gasteiger partial charge in [0.05, 0.1) is 30.9 Å². The number of benzene rings is 1. The van der Waals surface area contributed by atoms with Gasteiger partial charge in [-0.15, -0.1) is 11.3 Å². The number of thiophene rings is 1. The van der Waals surface area contributed by atoms with Crippen molar-refractivity contribution in [1.82, 2.24) is 14.9 Å². The lowest BCUT2D eigenvalue weighted by Crippen LogP contribution is -2.49. The van der Waals surface area contributed by atoms with Gasteiger partial charge in [0.2, 0.25) is 0 Å². The van der Waals surface area contributed by atoms with Gasteiger partial charge in [0, 0.05) is 18.0 Å². The molecule has 1 saturated heterocycles. The first kappa shape index (κ1) is 23.9. The zero-order valence-corrected chi connectivity index (χ0v) is 20.8. The predicted molar refractivity (Wildman–Crippen MR) is 133 cm³/mol. The van der Waals surface area contributed by atoms with Crippen LogP contribution in [0.3, 0.4) is 0 Å². The van der Waals surface area contributed by atoms with Gasteiger partial charge in [-0.05, 0) is 57.0 Å². The van der Waals surface area contributed by atoms with Crippen LogP contribution in [0.15, 0.2) is 29.6 Å². The Balaban J connectivity index is 1.40. The van der Waals surface area contributed by atoms with E-state index in [1.165, 1.54) is 11.2 Å². The Bertz CT molecular complexity index is 1200. The number of carbonyl (C=O) groups excluding carboxylic acids is 1. The molecular weight excluding hydrogens is 454 g/mol. The van der Waals surface area contributed by atoms with Crippen molar-refractivity contribution in [3.63, 3.8) is 0 Å². The van der Waals surface area contributed by atoms with Crippen molar-refractivity contribution in [3.05, 3.63) is 40.5 Å². The van der Waals surface area contributed by atoms with Gasteiger partial charge in [0.25, 0.3) is 5.91 Å². The molecule has 10 heteroatoms. The van der Waals surface area contributed by atoms with Crippen molar-refractivity contribution in [2.45, 2.75) is 39.9 Å². The monoisotopic (exact) mass is 483 g/mol. The highest BCUT2D eigenvalue weighted by molar-refractivity contribution is 7.18. The van der Waals surface area contributed by atoms with E-state index in [2.05, 4.69) is 34.3 Å². The summed E-state index contributed by atoms with van der Waals surface area (Å²) in [6.07, 6.45) is 3.24. The SMILES string of the molecule is COc1cc(C=NNc2ncnc3sc(C)c(C)c23)ccc1OCC(=O)N1CC(C)OC(C)C1. The molecule has 0 aliphatic carbocycles. The van der Waals surface area contributed by atoms with Gasteiger partial charge in [-0.3, -0.25) is 10.2 Å². The lowest BCUT2D eigenvalue weighted by molar-refractivity contribution is -0.145. The number of nitrogens with one attached hydrogen (secondary N) is 1. The molecule has 3 aromatic rings. The zero-order chi connectivity index (χ0) is 24.2. The maximum absolute atomic E-state index is 12.6. The van der Waals surface area contributed by atoms with Crippen LogP contribution in [0.25, 0.3) is 10.2 Å². The highest BCUT2D eigenvalue weighted by Crippen LogP contribution is 2.32. The van der Waals surface area contributed by atoms with Crippen molar-refractivity contribution in [1.29, 1.82) is 0 Å². The number of anilines is 1. The molecule has 2 unspecified atom stereocenters. The van der Waals surface area contributed by atoms with Crippen molar-refractivity contribution < 1.29 is 19.0 Å². The standard InChI is InChI=1S/C24H29N5O4S/c1-14-10-29(11-15(2)33-14)21(30)12-32-19-7-6-18(8-20(19)31-5)9-27-28-23-22-16(3)17(4)34-24(22)26-13-25-23/h6-9,13-15H,10-12H2,1-5H3,(H,25,26,28). The van der Waals surface area contributed by atoms with E-state index >= 15 is 0 Å². The minimum absolute atomic E-state index is 0.0144. The first-order chi connectivity index (χ1) is 16.4. The number of nitrogens with zero attached hydrogens (tertiary/aromatic N) is 4. The van der Waals surface area contributed by atoms with Gasteiger partial charge in [0.15, 0.2) is 23.9 Å². The number of aryl methyl sites for hydroxylation is 2. The molecule has 1 aliphatic heterocycles. The summed E-state index contributed by atoms with van der Waals surface area (Å²) in [5.74, 6) is 1.61. The van der Waals surface area contributed by atoms with Crippen LogP contribution >= 0.6 is 11.3 Å². The maximum atomic E-state index is 12.6. The van der Waals surface area contributed by atoms with Crippen molar-refractivity contribution in [2.24, 2.45) is 5.10 Å². The summed E-state index contributed by atoms with van der Waals surface area (Å²) in [6, 6.07) is 5.43. The maximum Gasteiger partial charge on any atom is 0.260 e. The van der Waals surface area contributed by atoms with E-state index in [0.717, 1.165) is 21.3 Å². The van der Waals surface area contributed by atoms with E-state index in [1.54, 1.807) is 41.7 Å². The van der Waals surface area contributed by atoms with Gasteiger partial charge in [-0.2, -0.15) is 5.10 Å². The van der Waals surface area contributed by atoms with Gasteiger partial charge in [0.1, 0.15) is 11.2 Å². The Hall–Kier alpha value is -3.24. The largest absolute Gasteiger partial charge is 0.493 e. The van der Waals surface area contributed by atoms with Gasteiger partial charge >= 0.3 is 0 Å². The van der Waals surface area contributed by atoms with Gasteiger partial charge in [-0.1, -0.05) is 0 Å². The molecule has 180 valence electrons. The molecule has 0 radical (unpaired) electrons. The summed E-state index contributed by atoms with van der Waals surface area (Å²) in [5, 5.41) is 5.32. The molecule has 1 amide bonds. The molecule has 4 rings (SSSR count). The second-order valence-electron chi connectivity index (χ2n) is 8.31. The van der Waals surface area contributed by atoms with E-state index in [0.29, 0.717) is 30.4 Å². The summed E-state index contributed by atoms with van der Waals surface area (Å²) < 4.78 is 16.9. The Morgan fingerprint density at radius 3 is 2.76 bits per heavy atom. The summed E-state index contributed by atoms with van der Waals surface area (Å²) in [4.78, 5) is 25.2. The van der Waals surface area contributed by atoms with Gasteiger partial charge in [-0.25, -0.2) is 9.97 Å². The second kappa shape index (κ2) is 10.4. The number of fused-ring (bicyclic) bond motifs is 1. The molecule has 1 fully saturated rings. The van der Waals surface area contributed by atoms with Gasteiger partial charge < -0.3 is 19.1 Å². The van der Waals surface area contributed by atoms with Crippen LogP contribution in [0.4, 0.5) is 5.82 Å². The molecule has 2 aromatic heterocycles. The molecule has 3 heterocycles. The fourth-order valence-electron chi connectivity index (χ4n) is 3.93. The average molecular weight is 484 g/mol. The van der Waals surface area contributed by atoms with E-state index in [9.17, 15) is 4.79 Å².